The Kier molecular flexibility index (Phi) is 4.01. The summed E-state index contributed by atoms with van der Waals surface area (Å²) in [4.78, 5) is 28.8. The van der Waals surface area contributed by atoms with Gasteiger partial charge in [0.2, 0.25) is 5.91 Å². The number of hydrogen-bond donors (Lipinski definition) is 1. The summed E-state index contributed by atoms with van der Waals surface area (Å²) in [6, 6.07) is 7.15. The second-order valence-corrected chi connectivity index (χ2v) is 6.18. The Morgan fingerprint density at radius 3 is 3.12 bits per heavy atom. The monoisotopic (exact) mass is 338 g/mol. The summed E-state index contributed by atoms with van der Waals surface area (Å²) in [6.45, 7) is 0.947. The number of benzene rings is 1. The Morgan fingerprint density at radius 1 is 1.32 bits per heavy atom. The van der Waals surface area contributed by atoms with Crippen molar-refractivity contribution in [1.82, 2.24) is 29.9 Å². The summed E-state index contributed by atoms with van der Waals surface area (Å²) >= 11 is 0. The summed E-state index contributed by atoms with van der Waals surface area (Å²) in [6.07, 6.45) is 5.63. The molecule has 1 unspecified atom stereocenters. The predicted octanol–water partition coefficient (Wildman–Crippen LogP) is 0.509. The van der Waals surface area contributed by atoms with Crippen LogP contribution in [0, 0.1) is 0 Å². The van der Waals surface area contributed by atoms with Crippen LogP contribution in [0.3, 0.4) is 0 Å². The van der Waals surface area contributed by atoms with Gasteiger partial charge in [0, 0.05) is 37.8 Å². The molecule has 0 saturated carbocycles. The maximum atomic E-state index is 12.4. The second kappa shape index (κ2) is 6.46. The lowest BCUT2D eigenvalue weighted by Crippen LogP contribution is -2.41. The number of fused-ring (bicyclic) bond motifs is 2. The van der Waals surface area contributed by atoms with Gasteiger partial charge in [-0.05, 0) is 18.6 Å². The van der Waals surface area contributed by atoms with Crippen LogP contribution in [0.1, 0.15) is 18.7 Å². The van der Waals surface area contributed by atoms with E-state index in [2.05, 4.69) is 25.2 Å². The fourth-order valence-corrected chi connectivity index (χ4v) is 3.16. The van der Waals surface area contributed by atoms with Gasteiger partial charge in [-0.2, -0.15) is 0 Å². The number of aromatic nitrogens is 5. The summed E-state index contributed by atoms with van der Waals surface area (Å²) in [5.41, 5.74) is 0.339. The van der Waals surface area contributed by atoms with Crippen LogP contribution in [0.5, 0.6) is 0 Å². The summed E-state index contributed by atoms with van der Waals surface area (Å²) < 4.78 is 3.31. The standard InChI is InChI=1S/C17H18N6O2/c24-16(19-12-5-6-15-18-8-10-22(15)11-12)7-9-23-17(25)13-3-1-2-4-14(13)20-21-23/h1-4,8,10,12H,5-7,9,11H2,(H,19,24). The Labute approximate surface area is 143 Å². The molecule has 128 valence electrons. The van der Waals surface area contributed by atoms with Gasteiger partial charge in [-0.15, -0.1) is 5.10 Å². The molecular weight excluding hydrogens is 320 g/mol. The molecule has 8 nitrogen and oxygen atoms in total. The molecule has 2 aromatic heterocycles. The summed E-state index contributed by atoms with van der Waals surface area (Å²) in [7, 11) is 0. The number of imidazole rings is 1. The van der Waals surface area contributed by atoms with Gasteiger partial charge in [-0.3, -0.25) is 9.59 Å². The molecule has 3 heterocycles. The Bertz CT molecular complexity index is 976. The number of nitrogens with zero attached hydrogens (tertiary/aromatic N) is 5. The first-order valence-corrected chi connectivity index (χ1v) is 8.32. The first-order chi connectivity index (χ1) is 12.2. The highest BCUT2D eigenvalue weighted by Crippen LogP contribution is 2.13. The predicted molar refractivity (Wildman–Crippen MR) is 90.9 cm³/mol. The minimum atomic E-state index is -0.223. The van der Waals surface area contributed by atoms with Crippen LogP contribution < -0.4 is 10.9 Å². The lowest BCUT2D eigenvalue weighted by molar-refractivity contribution is -0.122. The van der Waals surface area contributed by atoms with Crippen molar-refractivity contribution >= 4 is 16.8 Å². The van der Waals surface area contributed by atoms with E-state index in [1.807, 2.05) is 12.3 Å². The van der Waals surface area contributed by atoms with E-state index in [1.165, 1.54) is 4.68 Å². The smallest absolute Gasteiger partial charge is 0.277 e. The zero-order valence-corrected chi connectivity index (χ0v) is 13.6. The maximum absolute atomic E-state index is 12.4. The number of aryl methyl sites for hydroxylation is 2. The maximum Gasteiger partial charge on any atom is 0.277 e. The second-order valence-electron chi connectivity index (χ2n) is 6.18. The van der Waals surface area contributed by atoms with Gasteiger partial charge in [0.1, 0.15) is 11.3 Å². The molecule has 0 radical (unpaired) electrons. The highest BCUT2D eigenvalue weighted by atomic mass is 16.2. The molecular formula is C17H18N6O2. The van der Waals surface area contributed by atoms with E-state index in [4.69, 9.17) is 0 Å². The molecule has 1 atom stereocenters. The Hall–Kier alpha value is -3.03. The number of hydrogen-bond acceptors (Lipinski definition) is 5. The zero-order chi connectivity index (χ0) is 17.2. The number of rotatable bonds is 4. The van der Waals surface area contributed by atoms with Crippen molar-refractivity contribution in [3.63, 3.8) is 0 Å². The van der Waals surface area contributed by atoms with Gasteiger partial charge in [-0.25, -0.2) is 9.67 Å². The van der Waals surface area contributed by atoms with E-state index in [-0.39, 0.29) is 30.5 Å². The molecule has 4 rings (SSSR count). The highest BCUT2D eigenvalue weighted by molar-refractivity contribution is 5.77. The molecule has 0 aliphatic carbocycles. The van der Waals surface area contributed by atoms with E-state index in [0.29, 0.717) is 10.9 Å². The fraction of sp³-hybridized carbons (Fsp3) is 0.353. The van der Waals surface area contributed by atoms with Crippen LogP contribution in [-0.4, -0.2) is 36.5 Å². The van der Waals surface area contributed by atoms with Gasteiger partial charge in [0.05, 0.1) is 11.9 Å². The third kappa shape index (κ3) is 3.15. The molecule has 1 aliphatic heterocycles. The average Bonchev–Trinajstić information content (AvgIpc) is 3.09. The fourth-order valence-electron chi connectivity index (χ4n) is 3.16. The first-order valence-electron chi connectivity index (χ1n) is 8.32. The first kappa shape index (κ1) is 15.5. The SMILES string of the molecule is O=C(CCn1nnc2ccccc2c1=O)NC1CCc2nccn2C1. The normalized spacial score (nSPS) is 16.6. The number of amides is 1. The molecule has 1 N–H and O–H groups in total. The molecule has 1 aliphatic rings. The van der Waals surface area contributed by atoms with Crippen molar-refractivity contribution in [3.05, 3.63) is 52.8 Å². The van der Waals surface area contributed by atoms with Crippen LogP contribution in [0.4, 0.5) is 0 Å². The Balaban J connectivity index is 1.38. The highest BCUT2D eigenvalue weighted by Gasteiger charge is 2.20. The quantitative estimate of drug-likeness (QED) is 0.748. The molecule has 0 bridgehead atoms. The minimum Gasteiger partial charge on any atom is -0.352 e. The van der Waals surface area contributed by atoms with Crippen LogP contribution in [0.15, 0.2) is 41.5 Å². The van der Waals surface area contributed by atoms with E-state index < -0.39 is 0 Å². The van der Waals surface area contributed by atoms with E-state index in [1.54, 1.807) is 24.4 Å². The third-order valence-corrected chi connectivity index (χ3v) is 4.48. The van der Waals surface area contributed by atoms with Gasteiger partial charge < -0.3 is 9.88 Å². The largest absolute Gasteiger partial charge is 0.352 e. The zero-order valence-electron chi connectivity index (χ0n) is 13.6. The van der Waals surface area contributed by atoms with Gasteiger partial charge in [-0.1, -0.05) is 17.3 Å². The molecule has 0 fully saturated rings. The third-order valence-electron chi connectivity index (χ3n) is 4.48. The van der Waals surface area contributed by atoms with Crippen LogP contribution >= 0.6 is 0 Å². The topological polar surface area (TPSA) is 94.7 Å². The molecule has 25 heavy (non-hydrogen) atoms. The van der Waals surface area contributed by atoms with Crippen molar-refractivity contribution in [2.24, 2.45) is 0 Å². The van der Waals surface area contributed by atoms with Crippen molar-refractivity contribution < 1.29 is 4.79 Å². The Morgan fingerprint density at radius 2 is 2.20 bits per heavy atom. The van der Waals surface area contributed by atoms with Crippen molar-refractivity contribution in [2.75, 3.05) is 0 Å². The van der Waals surface area contributed by atoms with Crippen LogP contribution in [0.2, 0.25) is 0 Å². The van der Waals surface area contributed by atoms with Crippen molar-refractivity contribution in [3.8, 4) is 0 Å². The summed E-state index contributed by atoms with van der Waals surface area (Å²) in [5.74, 6) is 0.971. The van der Waals surface area contributed by atoms with Gasteiger partial charge in [0.15, 0.2) is 0 Å². The van der Waals surface area contributed by atoms with Crippen molar-refractivity contribution in [1.29, 1.82) is 0 Å². The molecule has 1 amide bonds. The molecule has 0 saturated heterocycles. The average molecular weight is 338 g/mol. The van der Waals surface area contributed by atoms with E-state index >= 15 is 0 Å². The number of nitrogens with one attached hydrogen (secondary N) is 1. The van der Waals surface area contributed by atoms with Gasteiger partial charge >= 0.3 is 0 Å². The minimum absolute atomic E-state index is 0.0876. The lowest BCUT2D eigenvalue weighted by atomic mass is 10.1. The molecule has 8 heteroatoms. The van der Waals surface area contributed by atoms with Gasteiger partial charge in [0.25, 0.3) is 5.56 Å². The van der Waals surface area contributed by atoms with Crippen LogP contribution in [0.25, 0.3) is 10.9 Å². The summed E-state index contributed by atoms with van der Waals surface area (Å²) in [5, 5.41) is 11.5. The van der Waals surface area contributed by atoms with E-state index in [9.17, 15) is 9.59 Å². The molecule has 1 aromatic carbocycles. The van der Waals surface area contributed by atoms with Crippen molar-refractivity contribution in [2.45, 2.75) is 38.4 Å². The number of carbonyl (C=O) groups is 1. The lowest BCUT2D eigenvalue weighted by Gasteiger charge is -2.24. The molecule has 0 spiro atoms. The van der Waals surface area contributed by atoms with E-state index in [0.717, 1.165) is 25.2 Å². The number of carbonyl (C=O) groups excluding carboxylic acids is 1. The molecule has 3 aromatic rings. The van der Waals surface area contributed by atoms with Crippen LogP contribution in [-0.2, 0) is 24.3 Å².